The lowest BCUT2D eigenvalue weighted by Gasteiger charge is -2.25. The van der Waals surface area contributed by atoms with E-state index in [9.17, 15) is 9.59 Å². The maximum absolute atomic E-state index is 12.7. The average molecular weight is 433 g/mol. The molecule has 2 amide bonds. The number of carbonyl (C=O) groups excluding carboxylic acids is 2. The van der Waals surface area contributed by atoms with Crippen LogP contribution in [0.4, 0.5) is 11.4 Å². The summed E-state index contributed by atoms with van der Waals surface area (Å²) in [6.45, 7) is 2.10. The molecule has 5 nitrogen and oxygen atoms in total. The highest BCUT2D eigenvalue weighted by Crippen LogP contribution is 2.42. The van der Waals surface area contributed by atoms with Gasteiger partial charge < -0.3 is 10.1 Å². The number of amides is 2. The van der Waals surface area contributed by atoms with E-state index in [0.29, 0.717) is 22.8 Å². The average Bonchev–Trinajstić information content (AvgIpc) is 3.20. The van der Waals surface area contributed by atoms with E-state index >= 15 is 0 Å². The van der Waals surface area contributed by atoms with Crippen LogP contribution in [0.5, 0.6) is 5.75 Å². The molecule has 0 aromatic heterocycles. The van der Waals surface area contributed by atoms with E-state index in [1.54, 1.807) is 43.1 Å². The number of hydrogen-bond acceptors (Lipinski definition) is 4. The van der Waals surface area contributed by atoms with Crippen molar-refractivity contribution in [2.45, 2.75) is 18.7 Å². The molecule has 1 fully saturated rings. The normalized spacial score (nSPS) is 15.7. The van der Waals surface area contributed by atoms with Crippen LogP contribution in [0.3, 0.4) is 0 Å². The molecule has 0 bridgehead atoms. The van der Waals surface area contributed by atoms with Gasteiger partial charge in [-0.1, -0.05) is 31.2 Å². The molecule has 1 atom stereocenters. The molecule has 0 radical (unpaired) electrons. The van der Waals surface area contributed by atoms with Crippen molar-refractivity contribution in [3.63, 3.8) is 0 Å². The summed E-state index contributed by atoms with van der Waals surface area (Å²) >= 11 is 1.60. The van der Waals surface area contributed by atoms with Crippen molar-refractivity contribution in [2.24, 2.45) is 0 Å². The van der Waals surface area contributed by atoms with Crippen LogP contribution in [-0.2, 0) is 11.2 Å². The minimum absolute atomic E-state index is 0.0934. The van der Waals surface area contributed by atoms with Crippen LogP contribution >= 0.6 is 11.8 Å². The Labute approximate surface area is 186 Å². The molecule has 3 aromatic rings. The monoisotopic (exact) mass is 432 g/mol. The lowest BCUT2D eigenvalue weighted by Crippen LogP contribution is -2.28. The Kier molecular flexibility index (Phi) is 6.28. The lowest BCUT2D eigenvalue weighted by molar-refractivity contribution is -0.115. The second-order valence-electron chi connectivity index (χ2n) is 7.26. The Hall–Kier alpha value is -3.25. The number of benzene rings is 3. The quantitative estimate of drug-likeness (QED) is 0.575. The Balaban J connectivity index is 1.56. The number of hydrogen-bond donors (Lipinski definition) is 1. The maximum Gasteiger partial charge on any atom is 0.255 e. The van der Waals surface area contributed by atoms with Crippen LogP contribution in [0.25, 0.3) is 0 Å². The molecule has 1 aliphatic heterocycles. The molecule has 1 N–H and O–H groups in total. The minimum Gasteiger partial charge on any atom is -0.497 e. The van der Waals surface area contributed by atoms with Crippen molar-refractivity contribution in [3.05, 3.63) is 89.5 Å². The lowest BCUT2D eigenvalue weighted by atomic mass is 10.1. The van der Waals surface area contributed by atoms with Gasteiger partial charge in [-0.05, 0) is 66.1 Å². The number of anilines is 2. The van der Waals surface area contributed by atoms with Crippen LogP contribution in [0, 0.1) is 0 Å². The Bertz CT molecular complexity index is 1100. The Morgan fingerprint density at radius 3 is 2.61 bits per heavy atom. The molecular weight excluding hydrogens is 408 g/mol. The predicted molar refractivity (Wildman–Crippen MR) is 126 cm³/mol. The maximum atomic E-state index is 12.7. The molecule has 1 aliphatic rings. The summed E-state index contributed by atoms with van der Waals surface area (Å²) in [7, 11) is 1.59. The second-order valence-corrected chi connectivity index (χ2v) is 8.33. The van der Waals surface area contributed by atoms with Crippen LogP contribution in [0.2, 0.25) is 0 Å². The summed E-state index contributed by atoms with van der Waals surface area (Å²) in [5.74, 6) is 1.04. The second kappa shape index (κ2) is 9.27. The first kappa shape index (κ1) is 21.0. The van der Waals surface area contributed by atoms with Gasteiger partial charge in [0.05, 0.1) is 12.9 Å². The highest BCUT2D eigenvalue weighted by molar-refractivity contribution is 8.00. The van der Waals surface area contributed by atoms with Gasteiger partial charge in [-0.15, -0.1) is 11.8 Å². The summed E-state index contributed by atoms with van der Waals surface area (Å²) in [4.78, 5) is 27.2. The number of ether oxygens (including phenoxy) is 1. The number of carbonyl (C=O) groups is 2. The standard InChI is InChI=1S/C25H24N2O3S/c1-3-17-6-4-9-21(14-17)27-23(28)16-31-25(27)19-7-5-8-20(15-19)26-24(29)18-10-12-22(30-2)13-11-18/h4-15,25H,3,16H2,1-2H3,(H,26,29). The molecule has 31 heavy (non-hydrogen) atoms. The van der Waals surface area contributed by atoms with Crippen molar-refractivity contribution >= 4 is 35.0 Å². The number of aryl methyl sites for hydroxylation is 1. The molecular formula is C25H24N2O3S. The van der Waals surface area contributed by atoms with E-state index in [2.05, 4.69) is 24.4 Å². The van der Waals surface area contributed by atoms with E-state index in [1.807, 2.05) is 41.3 Å². The van der Waals surface area contributed by atoms with Gasteiger partial charge in [-0.3, -0.25) is 14.5 Å². The van der Waals surface area contributed by atoms with Gasteiger partial charge in [-0.2, -0.15) is 0 Å². The number of nitrogens with zero attached hydrogens (tertiary/aromatic N) is 1. The third kappa shape index (κ3) is 4.59. The van der Waals surface area contributed by atoms with Crippen molar-refractivity contribution < 1.29 is 14.3 Å². The van der Waals surface area contributed by atoms with Gasteiger partial charge in [0.15, 0.2) is 0 Å². The largest absolute Gasteiger partial charge is 0.497 e. The fourth-order valence-electron chi connectivity index (χ4n) is 3.59. The van der Waals surface area contributed by atoms with E-state index < -0.39 is 0 Å². The molecule has 0 aliphatic carbocycles. The van der Waals surface area contributed by atoms with Gasteiger partial charge in [0, 0.05) is 16.9 Å². The third-order valence-electron chi connectivity index (χ3n) is 5.25. The SMILES string of the molecule is CCc1cccc(N2C(=O)CSC2c2cccc(NC(=O)c3ccc(OC)cc3)c2)c1. The number of thioether (sulfide) groups is 1. The smallest absolute Gasteiger partial charge is 0.255 e. The van der Waals surface area contributed by atoms with E-state index in [4.69, 9.17) is 4.74 Å². The molecule has 4 rings (SSSR count). The molecule has 0 spiro atoms. The molecule has 6 heteroatoms. The summed E-state index contributed by atoms with van der Waals surface area (Å²) in [6, 6.07) is 22.8. The summed E-state index contributed by atoms with van der Waals surface area (Å²) in [5.41, 5.74) is 4.33. The molecule has 3 aromatic carbocycles. The Morgan fingerprint density at radius 2 is 1.87 bits per heavy atom. The summed E-state index contributed by atoms with van der Waals surface area (Å²) in [6.07, 6.45) is 0.917. The van der Waals surface area contributed by atoms with Crippen LogP contribution in [0.15, 0.2) is 72.8 Å². The third-order valence-corrected chi connectivity index (χ3v) is 6.46. The number of nitrogens with one attached hydrogen (secondary N) is 1. The zero-order chi connectivity index (χ0) is 21.8. The zero-order valence-electron chi connectivity index (χ0n) is 17.5. The summed E-state index contributed by atoms with van der Waals surface area (Å²) < 4.78 is 5.14. The predicted octanol–water partition coefficient (Wildman–Crippen LogP) is 5.29. The molecule has 1 saturated heterocycles. The van der Waals surface area contributed by atoms with Crippen LogP contribution in [-0.4, -0.2) is 24.7 Å². The van der Waals surface area contributed by atoms with Gasteiger partial charge in [-0.25, -0.2) is 0 Å². The zero-order valence-corrected chi connectivity index (χ0v) is 18.3. The van der Waals surface area contributed by atoms with E-state index in [1.165, 1.54) is 5.56 Å². The first-order valence-electron chi connectivity index (χ1n) is 10.2. The Morgan fingerprint density at radius 1 is 1.10 bits per heavy atom. The fraction of sp³-hybridized carbons (Fsp3) is 0.200. The topological polar surface area (TPSA) is 58.6 Å². The van der Waals surface area contributed by atoms with E-state index in [0.717, 1.165) is 17.7 Å². The van der Waals surface area contributed by atoms with Crippen molar-refractivity contribution in [1.82, 2.24) is 0 Å². The van der Waals surface area contributed by atoms with Crippen molar-refractivity contribution in [1.29, 1.82) is 0 Å². The van der Waals surface area contributed by atoms with Gasteiger partial charge in [0.1, 0.15) is 11.1 Å². The highest BCUT2D eigenvalue weighted by atomic mass is 32.2. The van der Waals surface area contributed by atoms with Crippen molar-refractivity contribution in [2.75, 3.05) is 23.1 Å². The minimum atomic E-state index is -0.192. The molecule has 0 saturated carbocycles. The van der Waals surface area contributed by atoms with Gasteiger partial charge in [0.2, 0.25) is 5.91 Å². The van der Waals surface area contributed by atoms with Crippen molar-refractivity contribution in [3.8, 4) is 5.75 Å². The fourth-order valence-corrected chi connectivity index (χ4v) is 4.76. The highest BCUT2D eigenvalue weighted by Gasteiger charge is 2.34. The molecule has 1 unspecified atom stereocenters. The van der Waals surface area contributed by atoms with E-state index in [-0.39, 0.29) is 17.2 Å². The first-order chi connectivity index (χ1) is 15.1. The first-order valence-corrected chi connectivity index (χ1v) is 11.2. The molecule has 1 heterocycles. The number of methoxy groups -OCH3 is 1. The molecule has 158 valence electrons. The van der Waals surface area contributed by atoms with Gasteiger partial charge in [0.25, 0.3) is 5.91 Å². The van der Waals surface area contributed by atoms with Crippen LogP contribution < -0.4 is 15.0 Å². The van der Waals surface area contributed by atoms with Crippen LogP contribution in [0.1, 0.15) is 33.8 Å². The van der Waals surface area contributed by atoms with Gasteiger partial charge >= 0.3 is 0 Å². The number of rotatable bonds is 6. The summed E-state index contributed by atoms with van der Waals surface area (Å²) in [5, 5.41) is 2.82.